The SMILES string of the molecule is CCC1Sc2ccc(S(=O)(=O)CCC(=O)Nc3cccc(-c4ccno4)c3)cc2NC1=O. The zero-order valence-corrected chi connectivity index (χ0v) is 18.8. The third-order valence-electron chi connectivity index (χ3n) is 4.97. The van der Waals surface area contributed by atoms with Gasteiger partial charge in [-0.25, -0.2) is 8.42 Å². The molecule has 32 heavy (non-hydrogen) atoms. The van der Waals surface area contributed by atoms with Crippen molar-refractivity contribution in [3.8, 4) is 11.3 Å². The van der Waals surface area contributed by atoms with E-state index < -0.39 is 15.7 Å². The molecule has 0 bridgehead atoms. The minimum Gasteiger partial charge on any atom is -0.356 e. The normalized spacial score (nSPS) is 15.7. The number of aromatic nitrogens is 1. The molecule has 3 aromatic rings. The highest BCUT2D eigenvalue weighted by Gasteiger charge is 2.27. The van der Waals surface area contributed by atoms with Crippen molar-refractivity contribution >= 4 is 44.8 Å². The molecule has 0 saturated heterocycles. The van der Waals surface area contributed by atoms with Gasteiger partial charge in [-0.05, 0) is 36.8 Å². The van der Waals surface area contributed by atoms with Crippen molar-refractivity contribution in [2.75, 3.05) is 16.4 Å². The second-order valence-electron chi connectivity index (χ2n) is 7.24. The molecule has 1 unspecified atom stereocenters. The van der Waals surface area contributed by atoms with Crippen LogP contribution in [0.3, 0.4) is 0 Å². The summed E-state index contributed by atoms with van der Waals surface area (Å²) in [5, 5.41) is 8.96. The third-order valence-corrected chi connectivity index (χ3v) is 8.12. The lowest BCUT2D eigenvalue weighted by Gasteiger charge is -2.23. The van der Waals surface area contributed by atoms with Gasteiger partial charge in [-0.2, -0.15) is 0 Å². The van der Waals surface area contributed by atoms with Crippen LogP contribution in [-0.4, -0.2) is 36.4 Å². The van der Waals surface area contributed by atoms with E-state index in [2.05, 4.69) is 15.8 Å². The predicted octanol–water partition coefficient (Wildman–Crippen LogP) is 3.97. The lowest BCUT2D eigenvalue weighted by atomic mass is 10.1. The molecular weight excluding hydrogens is 450 g/mol. The Kier molecular flexibility index (Phi) is 6.33. The van der Waals surface area contributed by atoms with Gasteiger partial charge in [-0.3, -0.25) is 9.59 Å². The van der Waals surface area contributed by atoms with Crippen LogP contribution in [0.4, 0.5) is 11.4 Å². The highest BCUT2D eigenvalue weighted by atomic mass is 32.2. The smallest absolute Gasteiger partial charge is 0.237 e. The molecule has 1 aliphatic rings. The highest BCUT2D eigenvalue weighted by Crippen LogP contribution is 2.38. The van der Waals surface area contributed by atoms with Crippen molar-refractivity contribution in [1.82, 2.24) is 5.16 Å². The van der Waals surface area contributed by atoms with Crippen LogP contribution in [0.5, 0.6) is 0 Å². The number of anilines is 2. The van der Waals surface area contributed by atoms with E-state index in [0.29, 0.717) is 23.6 Å². The molecular formula is C22H21N3O5S2. The first-order valence-electron chi connectivity index (χ1n) is 10.0. The lowest BCUT2D eigenvalue weighted by Crippen LogP contribution is -2.28. The fourth-order valence-corrected chi connectivity index (χ4v) is 5.56. The maximum atomic E-state index is 12.8. The van der Waals surface area contributed by atoms with E-state index in [1.807, 2.05) is 13.0 Å². The zero-order chi connectivity index (χ0) is 22.7. The molecule has 1 atom stereocenters. The molecule has 0 aliphatic carbocycles. The summed E-state index contributed by atoms with van der Waals surface area (Å²) >= 11 is 1.42. The number of fused-ring (bicyclic) bond motifs is 1. The molecule has 2 heterocycles. The number of hydrogen-bond donors (Lipinski definition) is 2. The van der Waals surface area contributed by atoms with Crippen molar-refractivity contribution in [3.63, 3.8) is 0 Å². The number of amides is 2. The van der Waals surface area contributed by atoms with E-state index in [1.54, 1.807) is 30.3 Å². The van der Waals surface area contributed by atoms with E-state index in [4.69, 9.17) is 4.52 Å². The number of rotatable bonds is 7. The first-order valence-corrected chi connectivity index (χ1v) is 12.5. The van der Waals surface area contributed by atoms with Gasteiger partial charge in [0.1, 0.15) is 0 Å². The Balaban J connectivity index is 1.40. The molecule has 0 radical (unpaired) electrons. The van der Waals surface area contributed by atoms with Crippen LogP contribution < -0.4 is 10.6 Å². The Bertz CT molecular complexity index is 1260. The summed E-state index contributed by atoms with van der Waals surface area (Å²) in [6, 6.07) is 13.4. The number of hydrogen-bond acceptors (Lipinski definition) is 7. The minimum atomic E-state index is -3.71. The molecule has 2 amide bonds. The molecule has 1 aromatic heterocycles. The standard InChI is InChI=1S/C22H21N3O5S2/c1-2-19-22(27)25-17-13-16(6-7-20(17)31-19)32(28,29)11-9-21(26)24-15-5-3-4-14(12-15)18-8-10-23-30-18/h3-8,10,12-13,19H,2,9,11H2,1H3,(H,24,26)(H,25,27). The topological polar surface area (TPSA) is 118 Å². The molecule has 0 fully saturated rings. The largest absolute Gasteiger partial charge is 0.356 e. The van der Waals surface area contributed by atoms with Crippen LogP contribution in [-0.2, 0) is 19.4 Å². The van der Waals surface area contributed by atoms with Crippen LogP contribution in [0.15, 0.2) is 69.0 Å². The van der Waals surface area contributed by atoms with Crippen LogP contribution in [0.25, 0.3) is 11.3 Å². The monoisotopic (exact) mass is 471 g/mol. The fraction of sp³-hybridized carbons (Fsp3) is 0.227. The molecule has 0 saturated carbocycles. The summed E-state index contributed by atoms with van der Waals surface area (Å²) in [5.74, 6) is -0.341. The average Bonchev–Trinajstić information content (AvgIpc) is 3.32. The first-order chi connectivity index (χ1) is 15.4. The van der Waals surface area contributed by atoms with Crippen molar-refractivity contribution in [2.45, 2.75) is 34.8 Å². The third kappa shape index (κ3) is 4.86. The molecule has 1 aliphatic heterocycles. The number of benzene rings is 2. The molecule has 4 rings (SSSR count). The highest BCUT2D eigenvalue weighted by molar-refractivity contribution is 8.01. The van der Waals surface area contributed by atoms with E-state index >= 15 is 0 Å². The predicted molar refractivity (Wildman–Crippen MR) is 122 cm³/mol. The second-order valence-corrected chi connectivity index (χ2v) is 10.6. The average molecular weight is 472 g/mol. The Morgan fingerprint density at radius 3 is 2.81 bits per heavy atom. The quantitative estimate of drug-likeness (QED) is 0.535. The number of thioether (sulfide) groups is 1. The minimum absolute atomic E-state index is 0.0761. The molecule has 166 valence electrons. The van der Waals surface area contributed by atoms with Crippen LogP contribution >= 0.6 is 11.8 Å². The first kappa shape index (κ1) is 22.1. The van der Waals surface area contributed by atoms with Crippen molar-refractivity contribution in [1.29, 1.82) is 0 Å². The maximum absolute atomic E-state index is 12.8. The van der Waals surface area contributed by atoms with E-state index in [1.165, 1.54) is 30.1 Å². The number of nitrogens with one attached hydrogen (secondary N) is 2. The van der Waals surface area contributed by atoms with Gasteiger partial charge in [0.15, 0.2) is 15.6 Å². The Morgan fingerprint density at radius 2 is 2.06 bits per heavy atom. The van der Waals surface area contributed by atoms with Gasteiger partial charge in [-0.15, -0.1) is 11.8 Å². The second kappa shape index (κ2) is 9.17. The van der Waals surface area contributed by atoms with E-state index in [0.717, 1.165) is 10.5 Å². The van der Waals surface area contributed by atoms with Gasteiger partial charge in [-0.1, -0.05) is 24.2 Å². The molecule has 10 heteroatoms. The molecule has 0 spiro atoms. The summed E-state index contributed by atoms with van der Waals surface area (Å²) < 4.78 is 30.6. The number of carbonyl (C=O) groups is 2. The Hall–Kier alpha value is -3.11. The van der Waals surface area contributed by atoms with Crippen LogP contribution in [0.2, 0.25) is 0 Å². The Labute approximate surface area is 189 Å². The summed E-state index contributed by atoms with van der Waals surface area (Å²) in [6.07, 6.45) is 2.01. The van der Waals surface area contributed by atoms with Crippen LogP contribution in [0.1, 0.15) is 19.8 Å². The van der Waals surface area contributed by atoms with Gasteiger partial charge in [0, 0.05) is 28.6 Å². The fourth-order valence-electron chi connectivity index (χ4n) is 3.28. The molecule has 2 aromatic carbocycles. The van der Waals surface area contributed by atoms with Crippen LogP contribution in [0, 0.1) is 0 Å². The van der Waals surface area contributed by atoms with Crippen molar-refractivity contribution in [2.24, 2.45) is 0 Å². The zero-order valence-electron chi connectivity index (χ0n) is 17.2. The molecule has 8 nitrogen and oxygen atoms in total. The van der Waals surface area contributed by atoms with E-state index in [-0.39, 0.29) is 28.2 Å². The summed E-state index contributed by atoms with van der Waals surface area (Å²) in [7, 11) is -3.71. The van der Waals surface area contributed by atoms with Gasteiger partial charge < -0.3 is 15.2 Å². The van der Waals surface area contributed by atoms with Gasteiger partial charge in [0.05, 0.1) is 27.8 Å². The summed E-state index contributed by atoms with van der Waals surface area (Å²) in [5.41, 5.74) is 1.76. The maximum Gasteiger partial charge on any atom is 0.237 e. The van der Waals surface area contributed by atoms with Crippen molar-refractivity contribution < 1.29 is 22.5 Å². The number of carbonyl (C=O) groups excluding carboxylic acids is 2. The van der Waals surface area contributed by atoms with Gasteiger partial charge in [0.2, 0.25) is 11.8 Å². The van der Waals surface area contributed by atoms with E-state index in [9.17, 15) is 18.0 Å². The van der Waals surface area contributed by atoms with Crippen molar-refractivity contribution in [3.05, 3.63) is 54.7 Å². The Morgan fingerprint density at radius 1 is 1.22 bits per heavy atom. The molecule has 2 N–H and O–H groups in total. The lowest BCUT2D eigenvalue weighted by molar-refractivity contribution is -0.116. The van der Waals surface area contributed by atoms with Gasteiger partial charge in [0.25, 0.3) is 0 Å². The number of nitrogens with zero attached hydrogens (tertiary/aromatic N) is 1. The van der Waals surface area contributed by atoms with Gasteiger partial charge >= 0.3 is 0 Å². The summed E-state index contributed by atoms with van der Waals surface area (Å²) in [6.45, 7) is 1.93. The number of sulfone groups is 1. The summed E-state index contributed by atoms with van der Waals surface area (Å²) in [4.78, 5) is 25.4.